The Morgan fingerprint density at radius 2 is 1.76 bits per heavy atom. The van der Waals surface area contributed by atoms with E-state index in [0.717, 1.165) is 11.2 Å². The lowest BCUT2D eigenvalue weighted by Crippen LogP contribution is -2.46. The molecule has 0 radical (unpaired) electrons. The molecule has 1 rings (SSSR count). The van der Waals surface area contributed by atoms with Crippen LogP contribution in [0.4, 0.5) is 4.79 Å². The summed E-state index contributed by atoms with van der Waals surface area (Å²) >= 11 is 0. The van der Waals surface area contributed by atoms with Crippen LogP contribution in [-0.4, -0.2) is 49.3 Å². The number of hydrogen-bond donors (Lipinski definition) is 1. The zero-order valence-corrected chi connectivity index (χ0v) is 11.1. The molecule has 0 aromatic carbocycles. The SMILES string of the molecule is CCC1(CC)NC(=O)N(CCS(C)(=O)=O)C1=O. The van der Waals surface area contributed by atoms with Gasteiger partial charge in [-0.05, 0) is 12.8 Å². The molecule has 7 heteroatoms. The highest BCUT2D eigenvalue weighted by atomic mass is 32.2. The second-order valence-electron chi connectivity index (χ2n) is 4.31. The average Bonchev–Trinajstić information content (AvgIpc) is 2.47. The standard InChI is InChI=1S/C10H18N2O4S/c1-4-10(5-2)8(13)12(9(14)11-10)6-7-17(3,15)16/h4-7H2,1-3H3,(H,11,14). The van der Waals surface area contributed by atoms with E-state index in [1.807, 2.05) is 13.8 Å². The summed E-state index contributed by atoms with van der Waals surface area (Å²) in [6, 6.07) is -0.498. The lowest BCUT2D eigenvalue weighted by atomic mass is 9.93. The molecule has 0 spiro atoms. The summed E-state index contributed by atoms with van der Waals surface area (Å²) in [5, 5.41) is 2.65. The van der Waals surface area contributed by atoms with E-state index in [2.05, 4.69) is 5.32 Å². The predicted octanol–water partition coefficient (Wildman–Crippen LogP) is 0.142. The van der Waals surface area contributed by atoms with E-state index in [1.54, 1.807) is 0 Å². The molecule has 0 bridgehead atoms. The summed E-state index contributed by atoms with van der Waals surface area (Å²) in [4.78, 5) is 24.7. The molecule has 0 aromatic heterocycles. The molecule has 1 saturated heterocycles. The minimum absolute atomic E-state index is 0.0781. The van der Waals surface area contributed by atoms with Crippen molar-refractivity contribution in [2.24, 2.45) is 0 Å². The van der Waals surface area contributed by atoms with Crippen LogP contribution < -0.4 is 5.32 Å². The van der Waals surface area contributed by atoms with Crippen molar-refractivity contribution in [1.82, 2.24) is 10.2 Å². The van der Waals surface area contributed by atoms with Gasteiger partial charge in [0, 0.05) is 12.8 Å². The lowest BCUT2D eigenvalue weighted by Gasteiger charge is -2.23. The monoisotopic (exact) mass is 262 g/mol. The van der Waals surface area contributed by atoms with Gasteiger partial charge in [-0.15, -0.1) is 0 Å². The maximum Gasteiger partial charge on any atom is 0.325 e. The van der Waals surface area contributed by atoms with Gasteiger partial charge in [0.2, 0.25) is 0 Å². The first-order chi connectivity index (χ1) is 7.75. The Kier molecular flexibility index (Phi) is 3.81. The molecule has 0 aromatic rings. The number of rotatable bonds is 5. The Balaban J connectivity index is 2.83. The van der Waals surface area contributed by atoms with Crippen LogP contribution in [0.25, 0.3) is 0 Å². The summed E-state index contributed by atoms with van der Waals surface area (Å²) in [5.74, 6) is -0.522. The van der Waals surface area contributed by atoms with Gasteiger partial charge >= 0.3 is 6.03 Å². The molecular weight excluding hydrogens is 244 g/mol. The summed E-state index contributed by atoms with van der Waals surface area (Å²) in [7, 11) is -3.18. The van der Waals surface area contributed by atoms with E-state index in [-0.39, 0.29) is 18.2 Å². The Morgan fingerprint density at radius 1 is 1.24 bits per heavy atom. The maximum absolute atomic E-state index is 12.1. The van der Waals surface area contributed by atoms with Gasteiger partial charge in [0.05, 0.1) is 5.75 Å². The molecule has 17 heavy (non-hydrogen) atoms. The molecule has 0 unspecified atom stereocenters. The molecule has 98 valence electrons. The van der Waals surface area contributed by atoms with Gasteiger partial charge < -0.3 is 5.32 Å². The molecule has 0 atom stereocenters. The van der Waals surface area contributed by atoms with Crippen molar-refractivity contribution in [3.8, 4) is 0 Å². The molecular formula is C10H18N2O4S. The lowest BCUT2D eigenvalue weighted by molar-refractivity contribution is -0.131. The number of hydrogen-bond acceptors (Lipinski definition) is 4. The molecule has 1 fully saturated rings. The first kappa shape index (κ1) is 14.0. The van der Waals surface area contributed by atoms with Crippen LogP contribution in [0.1, 0.15) is 26.7 Å². The predicted molar refractivity (Wildman–Crippen MR) is 63.3 cm³/mol. The molecule has 6 nitrogen and oxygen atoms in total. The second kappa shape index (κ2) is 4.64. The first-order valence-electron chi connectivity index (χ1n) is 5.57. The molecule has 1 aliphatic rings. The van der Waals surface area contributed by atoms with Crippen molar-refractivity contribution in [1.29, 1.82) is 0 Å². The summed E-state index contributed by atoms with van der Waals surface area (Å²) in [5.41, 5.74) is -0.853. The molecule has 1 N–H and O–H groups in total. The minimum Gasteiger partial charge on any atom is -0.323 e. The van der Waals surface area contributed by atoms with Crippen LogP contribution in [-0.2, 0) is 14.6 Å². The van der Waals surface area contributed by atoms with Gasteiger partial charge in [-0.1, -0.05) is 13.8 Å². The topological polar surface area (TPSA) is 83.6 Å². The summed E-state index contributed by atoms with van der Waals surface area (Å²) in [6.07, 6.45) is 2.09. The highest BCUT2D eigenvalue weighted by Crippen LogP contribution is 2.24. The van der Waals surface area contributed by atoms with Crippen molar-refractivity contribution < 1.29 is 18.0 Å². The van der Waals surface area contributed by atoms with Crippen LogP contribution in [0.5, 0.6) is 0 Å². The smallest absolute Gasteiger partial charge is 0.323 e. The third-order valence-corrected chi connectivity index (χ3v) is 4.06. The molecule has 3 amide bonds. The van der Waals surface area contributed by atoms with E-state index < -0.39 is 21.4 Å². The van der Waals surface area contributed by atoms with Gasteiger partial charge in [-0.2, -0.15) is 0 Å². The summed E-state index contributed by atoms with van der Waals surface area (Å²) < 4.78 is 22.1. The Morgan fingerprint density at radius 3 is 2.12 bits per heavy atom. The van der Waals surface area contributed by atoms with Gasteiger partial charge in [0.25, 0.3) is 5.91 Å². The Bertz CT molecular complexity index is 426. The second-order valence-corrected chi connectivity index (χ2v) is 6.57. The average molecular weight is 262 g/mol. The summed E-state index contributed by atoms with van der Waals surface area (Å²) in [6.45, 7) is 3.56. The fourth-order valence-corrected chi connectivity index (χ4v) is 2.38. The maximum atomic E-state index is 12.1. The number of imide groups is 1. The number of nitrogens with one attached hydrogen (secondary N) is 1. The Hall–Kier alpha value is -1.11. The number of urea groups is 1. The van der Waals surface area contributed by atoms with Crippen LogP contribution in [0, 0.1) is 0 Å². The van der Waals surface area contributed by atoms with Crippen LogP contribution >= 0.6 is 0 Å². The zero-order chi connectivity index (χ0) is 13.3. The number of amides is 3. The van der Waals surface area contributed by atoms with E-state index in [4.69, 9.17) is 0 Å². The van der Waals surface area contributed by atoms with E-state index in [0.29, 0.717) is 12.8 Å². The van der Waals surface area contributed by atoms with Crippen molar-refractivity contribution in [2.75, 3.05) is 18.6 Å². The fourth-order valence-electron chi connectivity index (χ4n) is 1.87. The van der Waals surface area contributed by atoms with Crippen LogP contribution in [0.15, 0.2) is 0 Å². The van der Waals surface area contributed by atoms with Crippen molar-refractivity contribution >= 4 is 21.8 Å². The quantitative estimate of drug-likeness (QED) is 0.714. The third-order valence-electron chi connectivity index (χ3n) is 3.14. The highest BCUT2D eigenvalue weighted by molar-refractivity contribution is 7.90. The zero-order valence-electron chi connectivity index (χ0n) is 10.3. The highest BCUT2D eigenvalue weighted by Gasteiger charge is 2.48. The first-order valence-corrected chi connectivity index (χ1v) is 7.63. The normalized spacial score (nSPS) is 19.6. The number of carbonyl (C=O) groups excluding carboxylic acids is 2. The van der Waals surface area contributed by atoms with E-state index >= 15 is 0 Å². The largest absolute Gasteiger partial charge is 0.325 e. The molecule has 1 aliphatic heterocycles. The van der Waals surface area contributed by atoms with Crippen molar-refractivity contribution in [2.45, 2.75) is 32.2 Å². The molecule has 0 saturated carbocycles. The van der Waals surface area contributed by atoms with Crippen molar-refractivity contribution in [3.63, 3.8) is 0 Å². The fraction of sp³-hybridized carbons (Fsp3) is 0.800. The van der Waals surface area contributed by atoms with E-state index in [9.17, 15) is 18.0 Å². The van der Waals surface area contributed by atoms with Crippen LogP contribution in [0.2, 0.25) is 0 Å². The van der Waals surface area contributed by atoms with Gasteiger partial charge in [-0.25, -0.2) is 13.2 Å². The minimum atomic E-state index is -3.18. The van der Waals surface area contributed by atoms with Crippen LogP contribution in [0.3, 0.4) is 0 Å². The van der Waals surface area contributed by atoms with Gasteiger partial charge in [-0.3, -0.25) is 9.69 Å². The molecule has 0 aliphatic carbocycles. The third kappa shape index (κ3) is 2.77. The number of carbonyl (C=O) groups is 2. The number of sulfone groups is 1. The van der Waals surface area contributed by atoms with Crippen molar-refractivity contribution in [3.05, 3.63) is 0 Å². The number of nitrogens with zero attached hydrogens (tertiary/aromatic N) is 1. The van der Waals surface area contributed by atoms with E-state index in [1.165, 1.54) is 0 Å². The van der Waals surface area contributed by atoms with Gasteiger partial charge in [0.15, 0.2) is 0 Å². The van der Waals surface area contributed by atoms with Gasteiger partial charge in [0.1, 0.15) is 15.4 Å². The Labute approximate surface area is 101 Å². The molecule has 1 heterocycles.